The van der Waals surface area contributed by atoms with Crippen molar-refractivity contribution in [1.82, 2.24) is 0 Å². The number of rotatable bonds is 3. The van der Waals surface area contributed by atoms with E-state index in [1.807, 2.05) is 37.3 Å². The van der Waals surface area contributed by atoms with Crippen molar-refractivity contribution in [3.05, 3.63) is 53.6 Å². The zero-order valence-electron chi connectivity index (χ0n) is 11.0. The van der Waals surface area contributed by atoms with Gasteiger partial charge in [-0.15, -0.1) is 0 Å². The summed E-state index contributed by atoms with van der Waals surface area (Å²) in [5.41, 5.74) is 4.38. The number of hydrogen-bond donors (Lipinski definition) is 0. The fraction of sp³-hybridized carbons (Fsp3) is 0.235. The molecule has 19 heavy (non-hydrogen) atoms. The van der Waals surface area contributed by atoms with Gasteiger partial charge in [-0.25, -0.2) is 0 Å². The van der Waals surface area contributed by atoms with E-state index < -0.39 is 0 Å². The molecule has 2 heteroatoms. The summed E-state index contributed by atoms with van der Waals surface area (Å²) in [6.07, 6.45) is 1.53. The molecule has 2 nitrogen and oxygen atoms in total. The number of fused-ring (bicyclic) bond motifs is 1. The molecule has 2 aromatic carbocycles. The molecular weight excluding hydrogens is 236 g/mol. The van der Waals surface area contributed by atoms with Gasteiger partial charge in [-0.05, 0) is 28.8 Å². The summed E-state index contributed by atoms with van der Waals surface area (Å²) in [6, 6.07) is 14.1. The van der Waals surface area contributed by atoms with E-state index in [1.54, 1.807) is 0 Å². The first-order valence-electron chi connectivity index (χ1n) is 6.67. The summed E-state index contributed by atoms with van der Waals surface area (Å²) >= 11 is 0. The van der Waals surface area contributed by atoms with Crippen LogP contribution in [-0.4, -0.2) is 12.4 Å². The molecule has 0 aromatic heterocycles. The lowest BCUT2D eigenvalue weighted by Gasteiger charge is -2.05. The maximum absolute atomic E-state index is 11.6. The summed E-state index contributed by atoms with van der Waals surface area (Å²) < 4.78 is 5.51. The van der Waals surface area contributed by atoms with Crippen molar-refractivity contribution in [2.24, 2.45) is 0 Å². The molecule has 0 amide bonds. The molecule has 0 fully saturated rings. The van der Waals surface area contributed by atoms with Crippen LogP contribution in [0.25, 0.3) is 11.1 Å². The summed E-state index contributed by atoms with van der Waals surface area (Å²) in [4.78, 5) is 11.6. The molecule has 0 unspecified atom stereocenters. The van der Waals surface area contributed by atoms with Gasteiger partial charge >= 0.3 is 0 Å². The Bertz CT molecular complexity index is 612. The maximum atomic E-state index is 11.6. The van der Waals surface area contributed by atoms with Crippen molar-refractivity contribution in [2.75, 3.05) is 6.61 Å². The van der Waals surface area contributed by atoms with Gasteiger partial charge < -0.3 is 4.74 Å². The number of carbonyl (C=O) groups is 1. The summed E-state index contributed by atoms with van der Waals surface area (Å²) in [5.74, 6) is 1.19. The van der Waals surface area contributed by atoms with Crippen LogP contribution in [0, 0.1) is 0 Å². The topological polar surface area (TPSA) is 26.3 Å². The molecule has 0 saturated heterocycles. The zero-order valence-corrected chi connectivity index (χ0v) is 11.0. The van der Waals surface area contributed by atoms with E-state index in [9.17, 15) is 4.79 Å². The highest BCUT2D eigenvalue weighted by Crippen LogP contribution is 2.30. The van der Waals surface area contributed by atoms with Crippen molar-refractivity contribution >= 4 is 5.78 Å². The van der Waals surface area contributed by atoms with Gasteiger partial charge in [-0.3, -0.25) is 4.79 Å². The second-order valence-electron chi connectivity index (χ2n) is 4.78. The first-order chi connectivity index (χ1) is 9.28. The number of benzene rings is 2. The summed E-state index contributed by atoms with van der Waals surface area (Å²) in [5, 5.41) is 0. The predicted octanol–water partition coefficient (Wildman–Crippen LogP) is 3.88. The van der Waals surface area contributed by atoms with Gasteiger partial charge in [0.2, 0.25) is 0 Å². The van der Waals surface area contributed by atoms with E-state index in [4.69, 9.17) is 4.74 Å². The fourth-order valence-electron chi connectivity index (χ4n) is 2.42. The third kappa shape index (κ3) is 2.26. The minimum Gasteiger partial charge on any atom is -0.493 e. The average molecular weight is 252 g/mol. The fourth-order valence-corrected chi connectivity index (χ4v) is 2.42. The van der Waals surface area contributed by atoms with Gasteiger partial charge in [0, 0.05) is 18.4 Å². The van der Waals surface area contributed by atoms with Gasteiger partial charge in [0.1, 0.15) is 5.75 Å². The Morgan fingerprint density at radius 1 is 1.11 bits per heavy atom. The van der Waals surface area contributed by atoms with Gasteiger partial charge in [0.15, 0.2) is 5.78 Å². The molecule has 0 bridgehead atoms. The number of Topliss-reactive ketones (excluding diaryl/α,β-unsaturated/α-hetero) is 1. The number of hydrogen-bond acceptors (Lipinski definition) is 2. The first kappa shape index (κ1) is 12.0. The number of ether oxygens (including phenoxy) is 1. The van der Waals surface area contributed by atoms with Crippen molar-refractivity contribution in [3.8, 4) is 16.9 Å². The Morgan fingerprint density at radius 3 is 2.58 bits per heavy atom. The molecule has 0 spiro atoms. The predicted molar refractivity (Wildman–Crippen MR) is 75.7 cm³/mol. The van der Waals surface area contributed by atoms with E-state index in [0.29, 0.717) is 6.42 Å². The number of carbonyl (C=O) groups excluding carboxylic acids is 1. The van der Waals surface area contributed by atoms with Crippen LogP contribution < -0.4 is 4.74 Å². The molecule has 1 heterocycles. The highest BCUT2D eigenvalue weighted by Gasteiger charge is 2.12. The van der Waals surface area contributed by atoms with Crippen LogP contribution in [0.2, 0.25) is 0 Å². The van der Waals surface area contributed by atoms with E-state index in [2.05, 4.69) is 12.1 Å². The molecule has 96 valence electrons. The van der Waals surface area contributed by atoms with E-state index >= 15 is 0 Å². The minimum absolute atomic E-state index is 0.189. The molecule has 3 rings (SSSR count). The molecule has 0 aliphatic carbocycles. The van der Waals surface area contributed by atoms with Crippen LogP contribution in [0.3, 0.4) is 0 Å². The molecular formula is C17H16O2. The van der Waals surface area contributed by atoms with Gasteiger partial charge in [0.05, 0.1) is 6.61 Å². The Morgan fingerprint density at radius 2 is 1.84 bits per heavy atom. The quantitative estimate of drug-likeness (QED) is 0.775. The lowest BCUT2D eigenvalue weighted by Crippen LogP contribution is -1.95. The summed E-state index contributed by atoms with van der Waals surface area (Å²) in [6.45, 7) is 2.67. The van der Waals surface area contributed by atoms with E-state index in [1.165, 1.54) is 11.1 Å². The Kier molecular flexibility index (Phi) is 3.08. The van der Waals surface area contributed by atoms with Crippen molar-refractivity contribution in [1.29, 1.82) is 0 Å². The first-order valence-corrected chi connectivity index (χ1v) is 6.67. The third-order valence-corrected chi connectivity index (χ3v) is 3.55. The van der Waals surface area contributed by atoms with Crippen LogP contribution in [0.4, 0.5) is 0 Å². The van der Waals surface area contributed by atoms with E-state index in [-0.39, 0.29) is 5.78 Å². The van der Waals surface area contributed by atoms with Crippen molar-refractivity contribution in [2.45, 2.75) is 19.8 Å². The standard InChI is InChI=1S/C17H16O2/c1-2-16(18)13-5-3-12(4-6-13)14-7-8-17-15(11-14)9-10-19-17/h3-8,11H,2,9-10H2,1H3. The molecule has 2 aromatic rings. The Labute approximate surface area is 113 Å². The van der Waals surface area contributed by atoms with Crippen LogP contribution in [0.15, 0.2) is 42.5 Å². The monoisotopic (exact) mass is 252 g/mol. The lowest BCUT2D eigenvalue weighted by molar-refractivity contribution is 0.0988. The smallest absolute Gasteiger partial charge is 0.162 e. The highest BCUT2D eigenvalue weighted by atomic mass is 16.5. The molecule has 0 N–H and O–H groups in total. The maximum Gasteiger partial charge on any atom is 0.162 e. The third-order valence-electron chi connectivity index (χ3n) is 3.55. The SMILES string of the molecule is CCC(=O)c1ccc(-c2ccc3c(c2)CCO3)cc1. The van der Waals surface area contributed by atoms with Gasteiger partial charge in [0.25, 0.3) is 0 Å². The van der Waals surface area contributed by atoms with Crippen LogP contribution in [-0.2, 0) is 6.42 Å². The Hall–Kier alpha value is -2.09. The van der Waals surface area contributed by atoms with Crippen molar-refractivity contribution < 1.29 is 9.53 Å². The Balaban J connectivity index is 1.92. The number of ketones is 1. The van der Waals surface area contributed by atoms with E-state index in [0.717, 1.165) is 29.9 Å². The van der Waals surface area contributed by atoms with Gasteiger partial charge in [-0.1, -0.05) is 37.3 Å². The molecule has 0 saturated carbocycles. The zero-order chi connectivity index (χ0) is 13.2. The van der Waals surface area contributed by atoms with Crippen molar-refractivity contribution in [3.63, 3.8) is 0 Å². The second-order valence-corrected chi connectivity index (χ2v) is 4.78. The largest absolute Gasteiger partial charge is 0.493 e. The molecule has 1 aliphatic heterocycles. The minimum atomic E-state index is 0.189. The second kappa shape index (κ2) is 4.88. The normalized spacial score (nSPS) is 12.9. The van der Waals surface area contributed by atoms with Gasteiger partial charge in [-0.2, -0.15) is 0 Å². The average Bonchev–Trinajstić information content (AvgIpc) is 2.94. The highest BCUT2D eigenvalue weighted by molar-refractivity contribution is 5.96. The molecule has 1 aliphatic rings. The van der Waals surface area contributed by atoms with Crippen LogP contribution in [0.1, 0.15) is 29.3 Å². The summed E-state index contributed by atoms with van der Waals surface area (Å²) in [7, 11) is 0. The lowest BCUT2D eigenvalue weighted by atomic mass is 9.99. The van der Waals surface area contributed by atoms with Crippen LogP contribution >= 0.6 is 0 Å². The van der Waals surface area contributed by atoms with Crippen LogP contribution in [0.5, 0.6) is 5.75 Å². The molecule has 0 atom stereocenters. The molecule has 0 radical (unpaired) electrons.